The Bertz CT molecular complexity index is 411. The molecular formula is C17H31NO2Si. The Morgan fingerprint density at radius 3 is 2.38 bits per heavy atom. The first-order valence-electron chi connectivity index (χ1n) is 8.17. The first-order valence-corrected chi connectivity index (χ1v) is 11.0. The summed E-state index contributed by atoms with van der Waals surface area (Å²) in [7, 11) is 0.618. The molecule has 0 aromatic heterocycles. The van der Waals surface area contributed by atoms with E-state index in [2.05, 4.69) is 26.1 Å². The summed E-state index contributed by atoms with van der Waals surface area (Å²) in [5.41, 5.74) is 1.15. The van der Waals surface area contributed by atoms with Gasteiger partial charge < -0.3 is 15.2 Å². The average Bonchev–Trinajstić information content (AvgIpc) is 2.53. The van der Waals surface area contributed by atoms with Crippen molar-refractivity contribution in [3.05, 3.63) is 23.8 Å². The Labute approximate surface area is 130 Å². The van der Waals surface area contributed by atoms with Crippen molar-refractivity contribution < 1.29 is 9.84 Å². The highest BCUT2D eigenvalue weighted by molar-refractivity contribution is 6.79. The number of phenolic OH excluding ortho intramolecular Hbond substituents is 1. The second-order valence-electron chi connectivity index (χ2n) is 5.85. The van der Waals surface area contributed by atoms with Gasteiger partial charge in [0.05, 0.1) is 15.2 Å². The van der Waals surface area contributed by atoms with Crippen LogP contribution in [0.2, 0.25) is 24.2 Å². The van der Waals surface area contributed by atoms with Gasteiger partial charge in [0.15, 0.2) is 11.5 Å². The van der Waals surface area contributed by atoms with Gasteiger partial charge in [-0.25, -0.2) is 0 Å². The highest BCUT2D eigenvalue weighted by atomic mass is 28.3. The van der Waals surface area contributed by atoms with Gasteiger partial charge in [0, 0.05) is 6.54 Å². The molecule has 3 nitrogen and oxygen atoms in total. The number of methoxy groups -OCH3 is 1. The monoisotopic (exact) mass is 309 g/mol. The van der Waals surface area contributed by atoms with Crippen molar-refractivity contribution in [1.82, 2.24) is 5.32 Å². The summed E-state index contributed by atoms with van der Waals surface area (Å²) in [4.78, 5) is 0. The van der Waals surface area contributed by atoms with Crippen molar-refractivity contribution in [2.24, 2.45) is 0 Å². The number of ether oxygens (including phenoxy) is 1. The van der Waals surface area contributed by atoms with E-state index in [0.717, 1.165) is 18.7 Å². The Kier molecular flexibility index (Phi) is 7.82. The molecule has 0 radical (unpaired) electrons. The lowest BCUT2D eigenvalue weighted by Crippen LogP contribution is -2.32. The van der Waals surface area contributed by atoms with E-state index in [1.807, 2.05) is 12.1 Å². The number of phenols is 1. The topological polar surface area (TPSA) is 41.5 Å². The second-order valence-corrected chi connectivity index (χ2v) is 11.5. The third-order valence-electron chi connectivity index (χ3n) is 4.88. The molecule has 0 bridgehead atoms. The fraction of sp³-hybridized carbons (Fsp3) is 0.647. The molecule has 120 valence electrons. The summed E-state index contributed by atoms with van der Waals surface area (Å²) in [6, 6.07) is 11.2. The smallest absolute Gasteiger partial charge is 0.160 e. The van der Waals surface area contributed by atoms with Gasteiger partial charge in [-0.2, -0.15) is 0 Å². The molecule has 1 aromatic rings. The molecule has 0 saturated carbocycles. The number of aromatic hydroxyl groups is 1. The zero-order valence-electron chi connectivity index (χ0n) is 14.0. The maximum atomic E-state index is 9.57. The standard InChI is InChI=1S/C17H31NO2Si/c1-5-21(6-2,7-3)12-8-11-18-14-15-9-10-16(19)17(13-15)20-4/h9-10,13,18-19H,5-8,11-12,14H2,1-4H3. The molecule has 0 atom stereocenters. The van der Waals surface area contributed by atoms with Crippen LogP contribution in [0.25, 0.3) is 0 Å². The minimum atomic E-state index is -0.962. The van der Waals surface area contributed by atoms with Crippen LogP contribution in [-0.4, -0.2) is 26.8 Å². The second kappa shape index (κ2) is 9.10. The maximum absolute atomic E-state index is 9.57. The minimum absolute atomic E-state index is 0.200. The van der Waals surface area contributed by atoms with Gasteiger partial charge in [0.25, 0.3) is 0 Å². The lowest BCUT2D eigenvalue weighted by molar-refractivity contribution is 0.373. The fourth-order valence-electron chi connectivity index (χ4n) is 2.93. The molecule has 0 spiro atoms. The Hall–Kier alpha value is -1.00. The molecule has 0 unspecified atom stereocenters. The highest BCUT2D eigenvalue weighted by Crippen LogP contribution is 2.27. The summed E-state index contributed by atoms with van der Waals surface area (Å²) in [5.74, 6) is 0.745. The molecule has 0 aliphatic rings. The van der Waals surface area contributed by atoms with E-state index in [0.29, 0.717) is 5.75 Å². The van der Waals surface area contributed by atoms with Crippen LogP contribution in [0.3, 0.4) is 0 Å². The summed E-state index contributed by atoms with van der Waals surface area (Å²) in [6.45, 7) is 9.01. The molecule has 0 saturated heterocycles. The van der Waals surface area contributed by atoms with Gasteiger partial charge in [-0.1, -0.05) is 51.0 Å². The van der Waals surface area contributed by atoms with Crippen molar-refractivity contribution in [3.8, 4) is 11.5 Å². The molecule has 4 heteroatoms. The van der Waals surface area contributed by atoms with Crippen LogP contribution in [0.5, 0.6) is 11.5 Å². The molecule has 0 aliphatic heterocycles. The van der Waals surface area contributed by atoms with Gasteiger partial charge in [-0.3, -0.25) is 0 Å². The zero-order chi connectivity index (χ0) is 15.7. The predicted molar refractivity (Wildman–Crippen MR) is 93.0 cm³/mol. The van der Waals surface area contributed by atoms with Crippen LogP contribution in [0.4, 0.5) is 0 Å². The molecule has 0 amide bonds. The van der Waals surface area contributed by atoms with Crippen LogP contribution < -0.4 is 10.1 Å². The number of benzene rings is 1. The molecule has 1 aromatic carbocycles. The molecule has 0 aliphatic carbocycles. The van der Waals surface area contributed by atoms with Crippen LogP contribution in [-0.2, 0) is 6.54 Å². The van der Waals surface area contributed by atoms with Crippen molar-refractivity contribution in [2.45, 2.75) is 57.9 Å². The normalized spacial score (nSPS) is 11.6. The van der Waals surface area contributed by atoms with E-state index in [1.54, 1.807) is 13.2 Å². The molecule has 21 heavy (non-hydrogen) atoms. The quantitative estimate of drug-likeness (QED) is 0.497. The summed E-state index contributed by atoms with van der Waals surface area (Å²) in [5, 5.41) is 13.1. The van der Waals surface area contributed by atoms with Crippen molar-refractivity contribution in [2.75, 3.05) is 13.7 Å². The van der Waals surface area contributed by atoms with Gasteiger partial charge in [0.2, 0.25) is 0 Å². The molecule has 2 N–H and O–H groups in total. The van der Waals surface area contributed by atoms with Crippen LogP contribution in [0.15, 0.2) is 18.2 Å². The third-order valence-corrected chi connectivity index (χ3v) is 10.8. The van der Waals surface area contributed by atoms with E-state index in [9.17, 15) is 5.11 Å². The summed E-state index contributed by atoms with van der Waals surface area (Å²) < 4.78 is 5.13. The van der Waals surface area contributed by atoms with Crippen molar-refractivity contribution >= 4 is 8.07 Å². The summed E-state index contributed by atoms with van der Waals surface area (Å²) in [6.07, 6.45) is 1.27. The van der Waals surface area contributed by atoms with E-state index in [-0.39, 0.29) is 5.75 Å². The Morgan fingerprint density at radius 1 is 1.14 bits per heavy atom. The van der Waals surface area contributed by atoms with Gasteiger partial charge >= 0.3 is 0 Å². The van der Waals surface area contributed by atoms with E-state index in [1.165, 1.54) is 30.6 Å². The zero-order valence-corrected chi connectivity index (χ0v) is 15.0. The lowest BCUT2D eigenvalue weighted by Gasteiger charge is -2.28. The number of nitrogens with one attached hydrogen (secondary N) is 1. The largest absolute Gasteiger partial charge is 0.504 e. The molecule has 1 rings (SSSR count). The van der Waals surface area contributed by atoms with E-state index < -0.39 is 8.07 Å². The SMILES string of the molecule is CC[Si](CC)(CC)CCCNCc1ccc(O)c(OC)c1. The van der Waals surface area contributed by atoms with Gasteiger partial charge in [-0.05, 0) is 30.7 Å². The highest BCUT2D eigenvalue weighted by Gasteiger charge is 2.25. The third kappa shape index (κ3) is 5.36. The number of rotatable bonds is 10. The van der Waals surface area contributed by atoms with Gasteiger partial charge in [0.1, 0.15) is 0 Å². The average molecular weight is 310 g/mol. The fourth-order valence-corrected chi connectivity index (χ4v) is 6.42. The first-order chi connectivity index (χ1) is 10.1. The number of hydrogen-bond acceptors (Lipinski definition) is 3. The van der Waals surface area contributed by atoms with E-state index in [4.69, 9.17) is 4.74 Å². The van der Waals surface area contributed by atoms with Crippen LogP contribution in [0.1, 0.15) is 32.8 Å². The summed E-state index contributed by atoms with van der Waals surface area (Å²) >= 11 is 0. The Balaban J connectivity index is 2.34. The molecule has 0 heterocycles. The Morgan fingerprint density at radius 2 is 1.81 bits per heavy atom. The van der Waals surface area contributed by atoms with Crippen LogP contribution in [0, 0.1) is 0 Å². The van der Waals surface area contributed by atoms with Gasteiger partial charge in [-0.15, -0.1) is 0 Å². The maximum Gasteiger partial charge on any atom is 0.160 e. The van der Waals surface area contributed by atoms with Crippen LogP contribution >= 0.6 is 0 Å². The van der Waals surface area contributed by atoms with Crippen molar-refractivity contribution in [3.63, 3.8) is 0 Å². The molecule has 0 fully saturated rings. The predicted octanol–water partition coefficient (Wildman–Crippen LogP) is 4.39. The molecular weight excluding hydrogens is 278 g/mol. The van der Waals surface area contributed by atoms with Crippen molar-refractivity contribution in [1.29, 1.82) is 0 Å². The van der Waals surface area contributed by atoms with E-state index >= 15 is 0 Å². The number of hydrogen-bond donors (Lipinski definition) is 2. The first kappa shape index (κ1) is 18.0. The lowest BCUT2D eigenvalue weighted by atomic mass is 10.2. The minimum Gasteiger partial charge on any atom is -0.504 e.